The van der Waals surface area contributed by atoms with E-state index in [-0.39, 0.29) is 17.7 Å². The normalized spacial score (nSPS) is 32.4. The standard InChI is InChI=1S/C38H49NO14/c1-17(2)32(40)50-27-28(51-33(41)18(3)4)30(52-34(42)19(5)6)36(53-29(27)35(43)45-8)47-24-13-11-21-22-16-20-10-12-23(48-37(44)46-9)26-25(20)38(21,31(24)49-26)14-15-39(22)7/h10-13,17-19,21-22,24,27-31,36H,14-16H2,1-9H3/t21-,22+,24-,27-,28-,29-,30+,31-,36+,38-/m0/s1. The summed E-state index contributed by atoms with van der Waals surface area (Å²) in [6, 6.07) is 3.78. The molecule has 0 unspecified atom stereocenters. The summed E-state index contributed by atoms with van der Waals surface area (Å²) in [5.41, 5.74) is 1.37. The summed E-state index contributed by atoms with van der Waals surface area (Å²) >= 11 is 0. The van der Waals surface area contributed by atoms with Crippen molar-refractivity contribution < 1.29 is 66.6 Å². The number of likely N-dealkylation sites (N-methyl/N-ethyl adjacent to an activating group) is 1. The van der Waals surface area contributed by atoms with Gasteiger partial charge in [-0.2, -0.15) is 0 Å². The van der Waals surface area contributed by atoms with E-state index in [1.54, 1.807) is 47.6 Å². The highest BCUT2D eigenvalue weighted by Gasteiger charge is 2.66. The molecule has 10 atom stereocenters. The number of nitrogens with zero attached hydrogens (tertiary/aromatic N) is 1. The smallest absolute Gasteiger partial charge is 0.482 e. The highest BCUT2D eigenvalue weighted by molar-refractivity contribution is 5.78. The van der Waals surface area contributed by atoms with Crippen LogP contribution in [-0.4, -0.2) is 112 Å². The van der Waals surface area contributed by atoms with Crippen molar-refractivity contribution >= 4 is 30.0 Å². The molecule has 0 aromatic heterocycles. The van der Waals surface area contributed by atoms with Gasteiger partial charge in [-0.15, -0.1) is 0 Å². The molecule has 2 bridgehead atoms. The van der Waals surface area contributed by atoms with Crippen LogP contribution in [0.25, 0.3) is 0 Å². The van der Waals surface area contributed by atoms with E-state index in [4.69, 9.17) is 42.6 Å². The van der Waals surface area contributed by atoms with Crippen LogP contribution >= 0.6 is 0 Å². The van der Waals surface area contributed by atoms with Crippen LogP contribution in [0.3, 0.4) is 0 Å². The number of ether oxygens (including phenoxy) is 9. The quantitative estimate of drug-likeness (QED) is 0.148. The Morgan fingerprint density at radius 3 is 2.06 bits per heavy atom. The second-order valence-corrected chi connectivity index (χ2v) is 15.2. The van der Waals surface area contributed by atoms with E-state index in [2.05, 4.69) is 18.0 Å². The van der Waals surface area contributed by atoms with E-state index in [0.717, 1.165) is 31.2 Å². The Hall–Kier alpha value is -4.21. The van der Waals surface area contributed by atoms with Crippen molar-refractivity contribution in [1.29, 1.82) is 0 Å². The fraction of sp³-hybridized carbons (Fsp3) is 0.658. The summed E-state index contributed by atoms with van der Waals surface area (Å²) in [5.74, 6) is -4.30. The molecule has 6 rings (SSSR count). The number of carbonyl (C=O) groups excluding carboxylic acids is 5. The minimum Gasteiger partial charge on any atom is -0.482 e. The zero-order valence-corrected chi connectivity index (χ0v) is 31.5. The molecule has 0 saturated carbocycles. The summed E-state index contributed by atoms with van der Waals surface area (Å²) in [7, 11) is 4.46. The van der Waals surface area contributed by atoms with Crippen LogP contribution in [0, 0.1) is 23.7 Å². The van der Waals surface area contributed by atoms with Crippen molar-refractivity contribution in [2.75, 3.05) is 27.8 Å². The first-order chi connectivity index (χ1) is 25.1. The summed E-state index contributed by atoms with van der Waals surface area (Å²) in [4.78, 5) is 67.5. The monoisotopic (exact) mass is 743 g/mol. The van der Waals surface area contributed by atoms with Crippen LogP contribution in [0.2, 0.25) is 0 Å². The van der Waals surface area contributed by atoms with Crippen LogP contribution in [0.4, 0.5) is 4.79 Å². The lowest BCUT2D eigenvalue weighted by molar-refractivity contribution is -0.314. The number of likely N-dealkylation sites (tertiary alicyclic amines) is 1. The van der Waals surface area contributed by atoms with Gasteiger partial charge < -0.3 is 47.5 Å². The number of hydrogen-bond acceptors (Lipinski definition) is 15. The van der Waals surface area contributed by atoms with Gasteiger partial charge in [-0.25, -0.2) is 9.59 Å². The molecule has 1 spiro atoms. The molecule has 290 valence electrons. The van der Waals surface area contributed by atoms with Gasteiger partial charge in [-0.3, -0.25) is 14.4 Å². The molecule has 1 aromatic carbocycles. The molecule has 15 heteroatoms. The van der Waals surface area contributed by atoms with Gasteiger partial charge in [0.2, 0.25) is 6.29 Å². The highest BCUT2D eigenvalue weighted by atomic mass is 16.7. The van der Waals surface area contributed by atoms with Crippen LogP contribution < -0.4 is 9.47 Å². The summed E-state index contributed by atoms with van der Waals surface area (Å²) in [6.07, 6.45) is -4.90. The molecule has 0 N–H and O–H groups in total. The predicted octanol–water partition coefficient (Wildman–Crippen LogP) is 3.26. The number of methoxy groups -OCH3 is 2. The average Bonchev–Trinajstić information content (AvgIpc) is 3.48. The Bertz CT molecular complexity index is 1650. The van der Waals surface area contributed by atoms with Crippen LogP contribution in [0.15, 0.2) is 24.3 Å². The van der Waals surface area contributed by atoms with Crippen molar-refractivity contribution in [2.24, 2.45) is 23.7 Å². The molecule has 15 nitrogen and oxygen atoms in total. The summed E-state index contributed by atoms with van der Waals surface area (Å²) in [5, 5.41) is 0. The van der Waals surface area contributed by atoms with Gasteiger partial charge in [0.1, 0.15) is 12.2 Å². The second-order valence-electron chi connectivity index (χ2n) is 15.2. The Labute approximate surface area is 308 Å². The minimum atomic E-state index is -1.64. The Morgan fingerprint density at radius 2 is 1.45 bits per heavy atom. The number of rotatable bonds is 10. The number of esters is 4. The zero-order valence-electron chi connectivity index (χ0n) is 31.5. The van der Waals surface area contributed by atoms with Crippen molar-refractivity contribution in [3.63, 3.8) is 0 Å². The predicted molar refractivity (Wildman–Crippen MR) is 183 cm³/mol. The Morgan fingerprint density at radius 1 is 0.830 bits per heavy atom. The minimum absolute atomic E-state index is 0.00236. The third-order valence-corrected chi connectivity index (χ3v) is 10.9. The molecular formula is C38H49NO14. The lowest BCUT2D eigenvalue weighted by atomic mass is 9.53. The molecule has 2 aliphatic carbocycles. The van der Waals surface area contributed by atoms with Gasteiger partial charge in [0.15, 0.2) is 35.9 Å². The largest absolute Gasteiger partial charge is 0.513 e. The van der Waals surface area contributed by atoms with Crippen molar-refractivity contribution in [1.82, 2.24) is 4.90 Å². The zero-order chi connectivity index (χ0) is 38.5. The lowest BCUT2D eigenvalue weighted by Crippen LogP contribution is -2.67. The maximum atomic E-state index is 13.4. The molecule has 3 aliphatic heterocycles. The Balaban J connectivity index is 1.44. The van der Waals surface area contributed by atoms with Gasteiger partial charge in [-0.05, 0) is 38.1 Å². The fourth-order valence-corrected chi connectivity index (χ4v) is 8.12. The third kappa shape index (κ3) is 6.76. The van der Waals surface area contributed by atoms with Gasteiger partial charge in [0.25, 0.3) is 0 Å². The van der Waals surface area contributed by atoms with Gasteiger partial charge in [-0.1, -0.05) is 59.8 Å². The lowest BCUT2D eigenvalue weighted by Gasteiger charge is -2.57. The maximum Gasteiger partial charge on any atom is 0.513 e. The van der Waals surface area contributed by atoms with E-state index < -0.39 is 96.1 Å². The van der Waals surface area contributed by atoms with Crippen molar-refractivity contribution in [2.45, 2.75) is 109 Å². The molecule has 5 aliphatic rings. The summed E-state index contributed by atoms with van der Waals surface area (Å²) in [6.45, 7) is 10.4. The molecule has 1 aromatic rings. The van der Waals surface area contributed by atoms with Crippen LogP contribution in [-0.2, 0) is 64.2 Å². The highest BCUT2D eigenvalue weighted by Crippen LogP contribution is 2.63. The Kier molecular flexibility index (Phi) is 10.8. The summed E-state index contributed by atoms with van der Waals surface area (Å²) < 4.78 is 52.9. The van der Waals surface area contributed by atoms with Crippen LogP contribution in [0.1, 0.15) is 59.1 Å². The number of carbonyl (C=O) groups is 5. The van der Waals surface area contributed by atoms with E-state index >= 15 is 0 Å². The number of benzene rings is 1. The van der Waals surface area contributed by atoms with Gasteiger partial charge in [0.05, 0.1) is 32.0 Å². The van der Waals surface area contributed by atoms with Gasteiger partial charge >= 0.3 is 30.0 Å². The molecule has 0 radical (unpaired) electrons. The number of piperidine rings is 1. The SMILES string of the molecule is COC(=O)Oc1ccc2c3c1O[C@H]1[C@@H](O[C@@H]4O[C@H](C(=O)OC)[C@@H](OC(=O)C(C)C)[C@H](OC(=O)C(C)C)[C@H]4OC(=O)C(C)C)C=C[C@H]4[C@@H](C2)N(C)CC[C@@]341. The fourth-order valence-electron chi connectivity index (χ4n) is 8.12. The molecule has 0 amide bonds. The van der Waals surface area contributed by atoms with E-state index in [9.17, 15) is 24.0 Å². The molecule has 53 heavy (non-hydrogen) atoms. The second kappa shape index (κ2) is 14.9. The molecule has 2 saturated heterocycles. The topological polar surface area (TPSA) is 172 Å². The first-order valence-corrected chi connectivity index (χ1v) is 18.1. The molecular weight excluding hydrogens is 694 g/mol. The van der Waals surface area contributed by atoms with E-state index in [1.807, 2.05) is 12.1 Å². The molecule has 3 heterocycles. The first kappa shape index (κ1) is 38.5. The van der Waals surface area contributed by atoms with Crippen molar-refractivity contribution in [3.8, 4) is 11.5 Å². The third-order valence-electron chi connectivity index (χ3n) is 10.9. The van der Waals surface area contributed by atoms with E-state index in [0.29, 0.717) is 12.2 Å². The van der Waals surface area contributed by atoms with Gasteiger partial charge in [0, 0.05) is 22.9 Å². The molecule has 2 fully saturated rings. The van der Waals surface area contributed by atoms with E-state index in [1.165, 1.54) is 7.11 Å². The average molecular weight is 744 g/mol. The first-order valence-electron chi connectivity index (χ1n) is 18.1. The maximum absolute atomic E-state index is 13.4. The van der Waals surface area contributed by atoms with Crippen LogP contribution in [0.5, 0.6) is 11.5 Å². The number of hydrogen-bond donors (Lipinski definition) is 0. The van der Waals surface area contributed by atoms with Crippen molar-refractivity contribution in [3.05, 3.63) is 35.4 Å².